The first-order chi connectivity index (χ1) is 4.83. The van der Waals surface area contributed by atoms with Crippen LogP contribution in [0, 0.1) is 17.3 Å². The Morgan fingerprint density at radius 2 is 1.90 bits per heavy atom. The van der Waals surface area contributed by atoms with Crippen LogP contribution in [0.25, 0.3) is 0 Å². The Labute approximate surface area is 57.9 Å². The fraction of sp³-hybridized carbons (Fsp3) is 0. The van der Waals surface area contributed by atoms with Crippen molar-refractivity contribution >= 4 is 5.69 Å². The van der Waals surface area contributed by atoms with Gasteiger partial charge in [0.25, 0.3) is 0 Å². The zero-order valence-corrected chi connectivity index (χ0v) is 5.13. The lowest BCUT2D eigenvalue weighted by Crippen LogP contribution is -1.85. The highest BCUT2D eigenvalue weighted by molar-refractivity contribution is 5.45. The van der Waals surface area contributed by atoms with Crippen molar-refractivity contribution < 1.29 is 4.39 Å². The predicted molar refractivity (Wildman–Crippen MR) is 35.6 cm³/mol. The lowest BCUT2D eigenvalue weighted by molar-refractivity contribution is 0.628. The van der Waals surface area contributed by atoms with E-state index in [1.165, 1.54) is 24.3 Å². The van der Waals surface area contributed by atoms with Gasteiger partial charge in [-0.25, -0.2) is 4.39 Å². The van der Waals surface area contributed by atoms with Crippen molar-refractivity contribution in [3.8, 4) is 6.19 Å². The number of nitriles is 1. The minimum Gasteiger partial charge on any atom is -0.293 e. The van der Waals surface area contributed by atoms with Crippen LogP contribution in [0.4, 0.5) is 10.1 Å². The highest BCUT2D eigenvalue weighted by Crippen LogP contribution is 2.06. The normalized spacial score (nSPS) is 8.40. The number of benzene rings is 1. The second kappa shape index (κ2) is 2.83. The van der Waals surface area contributed by atoms with Gasteiger partial charge in [0, 0.05) is 5.69 Å². The number of hydrogen-bond acceptors (Lipinski definition) is 2. The summed E-state index contributed by atoms with van der Waals surface area (Å²) in [6.07, 6.45) is 1.73. The van der Waals surface area contributed by atoms with Crippen molar-refractivity contribution in [2.45, 2.75) is 0 Å². The maximum absolute atomic E-state index is 12.2. The first kappa shape index (κ1) is 6.56. The molecular formula is C7H5FN2. The molecule has 0 aromatic heterocycles. The van der Waals surface area contributed by atoms with Crippen LogP contribution >= 0.6 is 0 Å². The molecule has 0 aliphatic heterocycles. The molecular weight excluding hydrogens is 131 g/mol. The van der Waals surface area contributed by atoms with Crippen LogP contribution in [0.1, 0.15) is 0 Å². The second-order valence-electron chi connectivity index (χ2n) is 1.74. The van der Waals surface area contributed by atoms with Gasteiger partial charge in [0.05, 0.1) is 0 Å². The lowest BCUT2D eigenvalue weighted by atomic mass is 10.3. The van der Waals surface area contributed by atoms with Gasteiger partial charge in [0.15, 0.2) is 6.19 Å². The van der Waals surface area contributed by atoms with Crippen molar-refractivity contribution in [3.63, 3.8) is 0 Å². The highest BCUT2D eigenvalue weighted by atomic mass is 19.1. The molecule has 0 spiro atoms. The van der Waals surface area contributed by atoms with E-state index in [2.05, 4.69) is 5.32 Å². The molecule has 0 unspecified atom stereocenters. The van der Waals surface area contributed by atoms with Gasteiger partial charge < -0.3 is 0 Å². The van der Waals surface area contributed by atoms with Gasteiger partial charge in [0.1, 0.15) is 5.82 Å². The molecule has 0 bridgehead atoms. The zero-order valence-electron chi connectivity index (χ0n) is 5.13. The molecule has 0 aliphatic carbocycles. The van der Waals surface area contributed by atoms with Gasteiger partial charge in [-0.15, -0.1) is 0 Å². The van der Waals surface area contributed by atoms with Crippen LogP contribution in [0.3, 0.4) is 0 Å². The average Bonchev–Trinajstić information content (AvgIpc) is 1.95. The molecule has 1 rings (SSSR count). The first-order valence-corrected chi connectivity index (χ1v) is 2.73. The van der Waals surface area contributed by atoms with Gasteiger partial charge in [-0.05, 0) is 24.3 Å². The van der Waals surface area contributed by atoms with Crippen LogP contribution in [0.5, 0.6) is 0 Å². The number of halogens is 1. The molecule has 0 aliphatic rings. The second-order valence-corrected chi connectivity index (χ2v) is 1.74. The molecule has 10 heavy (non-hydrogen) atoms. The zero-order chi connectivity index (χ0) is 7.40. The lowest BCUT2D eigenvalue weighted by Gasteiger charge is -1.93. The van der Waals surface area contributed by atoms with E-state index in [4.69, 9.17) is 5.26 Å². The molecule has 3 heteroatoms. The van der Waals surface area contributed by atoms with E-state index in [0.29, 0.717) is 5.69 Å². The van der Waals surface area contributed by atoms with Gasteiger partial charge in [-0.1, -0.05) is 0 Å². The van der Waals surface area contributed by atoms with Crippen molar-refractivity contribution in [1.82, 2.24) is 0 Å². The van der Waals surface area contributed by atoms with Gasteiger partial charge in [0.2, 0.25) is 0 Å². The summed E-state index contributed by atoms with van der Waals surface area (Å²) in [5, 5.41) is 10.5. The fourth-order valence-electron chi connectivity index (χ4n) is 0.598. The average molecular weight is 136 g/mol. The molecule has 50 valence electrons. The summed E-state index contributed by atoms with van der Waals surface area (Å²) in [6.45, 7) is 0. The van der Waals surface area contributed by atoms with E-state index < -0.39 is 0 Å². The molecule has 1 N–H and O–H groups in total. The summed E-state index contributed by atoms with van der Waals surface area (Å²) in [5.74, 6) is -0.302. The van der Waals surface area contributed by atoms with Crippen molar-refractivity contribution in [1.29, 1.82) is 5.26 Å². The number of rotatable bonds is 1. The Morgan fingerprint density at radius 3 is 2.40 bits per heavy atom. The molecule has 0 fully saturated rings. The SMILES string of the molecule is N#CNc1ccc(F)cc1. The Kier molecular flexibility index (Phi) is 1.86. The van der Waals surface area contributed by atoms with Crippen LogP contribution < -0.4 is 5.32 Å². The molecule has 0 atom stereocenters. The smallest absolute Gasteiger partial charge is 0.181 e. The van der Waals surface area contributed by atoms with Gasteiger partial charge in [-0.2, -0.15) is 5.26 Å². The number of nitrogens with zero attached hydrogens (tertiary/aromatic N) is 1. The molecule has 0 saturated carbocycles. The molecule has 1 aromatic carbocycles. The number of anilines is 1. The molecule has 1 aromatic rings. The topological polar surface area (TPSA) is 35.8 Å². The Hall–Kier alpha value is -1.56. The van der Waals surface area contributed by atoms with E-state index in [-0.39, 0.29) is 5.82 Å². The predicted octanol–water partition coefficient (Wildman–Crippen LogP) is 1.72. The standard InChI is InChI=1S/C7H5FN2/c8-6-1-3-7(4-2-6)10-5-9/h1-4,10H. The Bertz CT molecular complexity index is 247. The van der Waals surface area contributed by atoms with Gasteiger partial charge in [-0.3, -0.25) is 5.32 Å². The number of hydrogen-bond donors (Lipinski definition) is 1. The molecule has 2 nitrogen and oxygen atoms in total. The van der Waals surface area contributed by atoms with Crippen LogP contribution in [-0.4, -0.2) is 0 Å². The number of nitrogens with one attached hydrogen (secondary N) is 1. The van der Waals surface area contributed by atoms with Crippen molar-refractivity contribution in [3.05, 3.63) is 30.1 Å². The van der Waals surface area contributed by atoms with E-state index in [1.807, 2.05) is 0 Å². The molecule has 0 saturated heterocycles. The molecule has 0 radical (unpaired) electrons. The van der Waals surface area contributed by atoms with Crippen LogP contribution in [0.15, 0.2) is 24.3 Å². The summed E-state index contributed by atoms with van der Waals surface area (Å²) in [6, 6.07) is 5.58. The minimum absolute atomic E-state index is 0.302. The third-order valence-corrected chi connectivity index (χ3v) is 1.04. The first-order valence-electron chi connectivity index (χ1n) is 2.73. The summed E-state index contributed by atoms with van der Waals surface area (Å²) < 4.78 is 12.2. The summed E-state index contributed by atoms with van der Waals surface area (Å²) in [7, 11) is 0. The van der Waals surface area contributed by atoms with Crippen molar-refractivity contribution in [2.75, 3.05) is 5.32 Å². The summed E-state index contributed by atoms with van der Waals surface area (Å²) in [4.78, 5) is 0. The van der Waals surface area contributed by atoms with E-state index in [1.54, 1.807) is 6.19 Å². The van der Waals surface area contributed by atoms with E-state index in [0.717, 1.165) is 0 Å². The third kappa shape index (κ3) is 1.46. The highest BCUT2D eigenvalue weighted by Gasteiger charge is 1.88. The quantitative estimate of drug-likeness (QED) is 0.471. The minimum atomic E-state index is -0.302. The monoisotopic (exact) mass is 136 g/mol. The molecule has 0 amide bonds. The Balaban J connectivity index is 2.81. The third-order valence-electron chi connectivity index (χ3n) is 1.04. The van der Waals surface area contributed by atoms with E-state index in [9.17, 15) is 4.39 Å². The molecule has 0 heterocycles. The van der Waals surface area contributed by atoms with Gasteiger partial charge >= 0.3 is 0 Å². The summed E-state index contributed by atoms with van der Waals surface area (Å²) >= 11 is 0. The maximum atomic E-state index is 12.2. The van der Waals surface area contributed by atoms with Crippen LogP contribution in [0.2, 0.25) is 0 Å². The van der Waals surface area contributed by atoms with Crippen LogP contribution in [-0.2, 0) is 0 Å². The summed E-state index contributed by atoms with van der Waals surface area (Å²) in [5.41, 5.74) is 0.601. The Morgan fingerprint density at radius 1 is 1.30 bits per heavy atom. The largest absolute Gasteiger partial charge is 0.293 e. The maximum Gasteiger partial charge on any atom is 0.181 e. The fourth-order valence-corrected chi connectivity index (χ4v) is 0.598. The van der Waals surface area contributed by atoms with Crippen molar-refractivity contribution in [2.24, 2.45) is 0 Å². The van der Waals surface area contributed by atoms with E-state index >= 15 is 0 Å².